The first-order valence-corrected chi connectivity index (χ1v) is 4.47. The van der Waals surface area contributed by atoms with Gasteiger partial charge in [0.25, 0.3) is 0 Å². The highest BCUT2D eigenvalue weighted by Crippen LogP contribution is 2.25. The number of rotatable bonds is 1. The third-order valence-corrected chi connectivity index (χ3v) is 2.00. The average Bonchev–Trinajstić information content (AvgIpc) is 2.18. The Morgan fingerprint density at radius 1 is 1.43 bits per heavy atom. The van der Waals surface area contributed by atoms with Crippen LogP contribution in [0.3, 0.4) is 0 Å². The van der Waals surface area contributed by atoms with Crippen molar-refractivity contribution in [3.8, 4) is 0 Å². The first kappa shape index (κ1) is 8.75. The fourth-order valence-corrected chi connectivity index (χ4v) is 1.29. The topological polar surface area (TPSA) is 27.0 Å². The normalized spacial score (nSPS) is 14.9. The number of hydrogen-bond acceptors (Lipinski definition) is 1. The molecule has 1 aliphatic rings. The SMILES string of the molecule is C=C1C=C[N-]C(c2cc(C)ccn2)=C1. The fourth-order valence-electron chi connectivity index (χ4n) is 1.29. The lowest BCUT2D eigenvalue weighted by atomic mass is 10.1. The molecule has 2 heterocycles. The van der Waals surface area contributed by atoms with Gasteiger partial charge in [0.15, 0.2) is 0 Å². The first-order chi connectivity index (χ1) is 6.75. The monoisotopic (exact) mass is 183 g/mol. The van der Waals surface area contributed by atoms with Crippen LogP contribution in [0.25, 0.3) is 11.0 Å². The number of aromatic nitrogens is 1. The number of hydrogen-bond donors (Lipinski definition) is 0. The predicted molar refractivity (Wildman–Crippen MR) is 58.6 cm³/mol. The van der Waals surface area contributed by atoms with Gasteiger partial charge < -0.3 is 5.32 Å². The third-order valence-electron chi connectivity index (χ3n) is 2.00. The smallest absolute Gasteiger partial charge is 0.0485 e. The Hall–Kier alpha value is -1.83. The molecule has 1 aromatic rings. The van der Waals surface area contributed by atoms with Gasteiger partial charge in [0, 0.05) is 11.9 Å². The van der Waals surface area contributed by atoms with E-state index >= 15 is 0 Å². The predicted octanol–water partition coefficient (Wildman–Crippen LogP) is 3.19. The molecule has 0 bridgehead atoms. The molecular weight excluding hydrogens is 172 g/mol. The molecule has 0 fully saturated rings. The van der Waals surface area contributed by atoms with Gasteiger partial charge in [0.2, 0.25) is 0 Å². The van der Waals surface area contributed by atoms with Gasteiger partial charge in [-0.15, -0.1) is 5.70 Å². The van der Waals surface area contributed by atoms with Crippen LogP contribution in [0.5, 0.6) is 0 Å². The fraction of sp³-hybridized carbons (Fsp3) is 0.0833. The van der Waals surface area contributed by atoms with Crippen LogP contribution < -0.4 is 0 Å². The average molecular weight is 183 g/mol. The molecule has 0 atom stereocenters. The summed E-state index contributed by atoms with van der Waals surface area (Å²) in [6.45, 7) is 5.90. The quantitative estimate of drug-likeness (QED) is 0.656. The van der Waals surface area contributed by atoms with E-state index in [4.69, 9.17) is 0 Å². The molecule has 2 heteroatoms. The van der Waals surface area contributed by atoms with E-state index in [-0.39, 0.29) is 0 Å². The summed E-state index contributed by atoms with van der Waals surface area (Å²) in [6, 6.07) is 3.99. The molecule has 0 spiro atoms. The minimum absolute atomic E-state index is 0.876. The molecule has 0 aromatic carbocycles. The molecule has 0 N–H and O–H groups in total. The van der Waals surface area contributed by atoms with Crippen LogP contribution in [0.15, 0.2) is 48.8 Å². The molecular formula is C12H11N2-. The second-order valence-corrected chi connectivity index (χ2v) is 3.27. The van der Waals surface area contributed by atoms with Crippen molar-refractivity contribution in [2.24, 2.45) is 0 Å². The molecule has 1 aliphatic heterocycles. The second kappa shape index (κ2) is 3.50. The minimum atomic E-state index is 0.876. The van der Waals surface area contributed by atoms with Crippen molar-refractivity contribution in [2.75, 3.05) is 0 Å². The maximum atomic E-state index is 4.26. The van der Waals surface area contributed by atoms with Gasteiger partial charge in [0.05, 0.1) is 0 Å². The van der Waals surface area contributed by atoms with Gasteiger partial charge in [0.1, 0.15) is 0 Å². The number of pyridine rings is 1. The van der Waals surface area contributed by atoms with E-state index in [1.54, 1.807) is 12.4 Å². The maximum Gasteiger partial charge on any atom is 0.0485 e. The second-order valence-electron chi connectivity index (χ2n) is 3.27. The summed E-state index contributed by atoms with van der Waals surface area (Å²) in [7, 11) is 0. The van der Waals surface area contributed by atoms with Gasteiger partial charge in [-0.3, -0.25) is 4.98 Å². The Morgan fingerprint density at radius 3 is 3.00 bits per heavy atom. The summed E-state index contributed by atoms with van der Waals surface area (Å²) in [5.74, 6) is 0. The van der Waals surface area contributed by atoms with Crippen molar-refractivity contribution in [2.45, 2.75) is 6.92 Å². The summed E-state index contributed by atoms with van der Waals surface area (Å²) >= 11 is 0. The van der Waals surface area contributed by atoms with Crippen LogP contribution in [0.2, 0.25) is 0 Å². The summed E-state index contributed by atoms with van der Waals surface area (Å²) < 4.78 is 0. The zero-order valence-electron chi connectivity index (χ0n) is 8.07. The van der Waals surface area contributed by atoms with E-state index in [0.29, 0.717) is 0 Å². The van der Waals surface area contributed by atoms with E-state index in [2.05, 4.69) is 16.9 Å². The lowest BCUT2D eigenvalue weighted by molar-refractivity contribution is 1.24. The molecule has 2 rings (SSSR count). The zero-order chi connectivity index (χ0) is 9.97. The van der Waals surface area contributed by atoms with Crippen LogP contribution in [-0.2, 0) is 0 Å². The van der Waals surface area contributed by atoms with Gasteiger partial charge in [-0.05, 0) is 30.2 Å². The Bertz CT molecular complexity index is 428. The van der Waals surface area contributed by atoms with Crippen molar-refractivity contribution in [1.82, 2.24) is 4.98 Å². The highest BCUT2D eigenvalue weighted by Gasteiger charge is 1.96. The summed E-state index contributed by atoms with van der Waals surface area (Å²) in [5, 5.41) is 4.25. The summed E-state index contributed by atoms with van der Waals surface area (Å²) in [5.41, 5.74) is 3.92. The molecule has 0 aliphatic carbocycles. The number of allylic oxidation sites excluding steroid dienone is 3. The van der Waals surface area contributed by atoms with Crippen molar-refractivity contribution in [1.29, 1.82) is 0 Å². The molecule has 14 heavy (non-hydrogen) atoms. The molecule has 2 nitrogen and oxygen atoms in total. The van der Waals surface area contributed by atoms with Crippen LogP contribution in [-0.4, -0.2) is 4.98 Å². The van der Waals surface area contributed by atoms with Gasteiger partial charge in [-0.1, -0.05) is 18.7 Å². The van der Waals surface area contributed by atoms with E-state index < -0.39 is 0 Å². The first-order valence-electron chi connectivity index (χ1n) is 4.47. The maximum absolute atomic E-state index is 4.26. The van der Waals surface area contributed by atoms with Crippen molar-refractivity contribution >= 4 is 5.70 Å². The third kappa shape index (κ3) is 1.74. The number of aryl methyl sites for hydroxylation is 1. The molecule has 1 aromatic heterocycles. The lowest BCUT2D eigenvalue weighted by Crippen LogP contribution is -1.91. The van der Waals surface area contributed by atoms with Crippen LogP contribution in [0.4, 0.5) is 0 Å². The molecule has 0 amide bonds. The molecule has 0 unspecified atom stereocenters. The van der Waals surface area contributed by atoms with Crippen molar-refractivity contribution in [3.05, 3.63) is 65.4 Å². The summed E-state index contributed by atoms with van der Waals surface area (Å²) in [6.07, 6.45) is 7.35. The van der Waals surface area contributed by atoms with E-state index in [1.165, 1.54) is 5.56 Å². The Labute approximate surface area is 83.7 Å². The molecule has 70 valence electrons. The van der Waals surface area contributed by atoms with Gasteiger partial charge in [-0.2, -0.15) is 6.20 Å². The summed E-state index contributed by atoms with van der Waals surface area (Å²) in [4.78, 5) is 4.26. The Morgan fingerprint density at radius 2 is 2.29 bits per heavy atom. The zero-order valence-corrected chi connectivity index (χ0v) is 8.07. The van der Waals surface area contributed by atoms with Crippen molar-refractivity contribution in [3.63, 3.8) is 0 Å². The Balaban J connectivity index is 2.36. The van der Waals surface area contributed by atoms with E-state index in [0.717, 1.165) is 17.0 Å². The van der Waals surface area contributed by atoms with E-state index in [1.807, 2.05) is 31.2 Å². The van der Waals surface area contributed by atoms with E-state index in [9.17, 15) is 0 Å². The number of nitrogens with zero attached hydrogens (tertiary/aromatic N) is 2. The van der Waals surface area contributed by atoms with Crippen LogP contribution in [0.1, 0.15) is 11.3 Å². The van der Waals surface area contributed by atoms with Crippen LogP contribution >= 0.6 is 0 Å². The highest BCUT2D eigenvalue weighted by atomic mass is 14.9. The van der Waals surface area contributed by atoms with Gasteiger partial charge >= 0.3 is 0 Å². The van der Waals surface area contributed by atoms with Gasteiger partial charge in [-0.25, -0.2) is 0 Å². The minimum Gasteiger partial charge on any atom is -0.662 e. The standard InChI is InChI=1S/C12H11N2/c1-9-3-5-13-11(7-9)12-8-10(2)4-6-14-12/h3-8H,1H2,2H3/q-1. The highest BCUT2D eigenvalue weighted by molar-refractivity contribution is 5.78. The Kier molecular flexibility index (Phi) is 2.19. The van der Waals surface area contributed by atoms with Crippen molar-refractivity contribution < 1.29 is 0 Å². The molecule has 0 saturated carbocycles. The lowest BCUT2D eigenvalue weighted by Gasteiger charge is -2.24. The van der Waals surface area contributed by atoms with Crippen LogP contribution in [0, 0.1) is 6.92 Å². The molecule has 0 radical (unpaired) electrons. The molecule has 0 saturated heterocycles. The largest absolute Gasteiger partial charge is 0.662 e.